The van der Waals surface area contributed by atoms with Gasteiger partial charge in [-0.1, -0.05) is 37.3 Å². The zero-order chi connectivity index (χ0) is 23.6. The summed E-state index contributed by atoms with van der Waals surface area (Å²) in [6.07, 6.45) is 0.775. The number of carbonyl (C=O) groups excluding carboxylic acids is 2. The van der Waals surface area contributed by atoms with E-state index in [2.05, 4.69) is 0 Å². The third kappa shape index (κ3) is 7.72. The minimum absolute atomic E-state index is 0.0354. The number of benzene rings is 2. The lowest BCUT2D eigenvalue weighted by atomic mass is 10.2. The fraction of sp³-hybridized carbons (Fsp3) is 0.308. The van der Waals surface area contributed by atoms with Crippen LogP contribution >= 0.6 is 23.1 Å². The number of aryl methyl sites for hydroxylation is 1. The van der Waals surface area contributed by atoms with E-state index in [0.717, 1.165) is 27.3 Å². The van der Waals surface area contributed by atoms with Crippen molar-refractivity contribution in [1.29, 1.82) is 0 Å². The van der Waals surface area contributed by atoms with Crippen molar-refractivity contribution in [2.24, 2.45) is 0 Å². The molecule has 0 saturated heterocycles. The van der Waals surface area contributed by atoms with E-state index >= 15 is 0 Å². The largest absolute Gasteiger partial charge is 0.333 e. The van der Waals surface area contributed by atoms with Crippen LogP contribution in [0, 0.1) is 12.7 Å². The van der Waals surface area contributed by atoms with Crippen LogP contribution in [0.5, 0.6) is 0 Å². The van der Waals surface area contributed by atoms with Gasteiger partial charge >= 0.3 is 0 Å². The van der Waals surface area contributed by atoms with Crippen LogP contribution < -0.4 is 0 Å². The molecule has 0 aliphatic heterocycles. The van der Waals surface area contributed by atoms with Crippen LogP contribution in [0.15, 0.2) is 70.9 Å². The number of carbonyl (C=O) groups is 2. The molecular formula is C26H29FN2O2S2. The zero-order valence-electron chi connectivity index (χ0n) is 19.0. The summed E-state index contributed by atoms with van der Waals surface area (Å²) in [5.74, 6) is -0.174. The van der Waals surface area contributed by atoms with Crippen molar-refractivity contribution in [2.75, 3.05) is 18.8 Å². The fourth-order valence-corrected chi connectivity index (χ4v) is 5.10. The molecule has 0 aliphatic rings. The number of hydrogen-bond donors (Lipinski definition) is 0. The van der Waals surface area contributed by atoms with Gasteiger partial charge in [-0.15, -0.1) is 23.1 Å². The molecule has 0 saturated carbocycles. The quantitative estimate of drug-likeness (QED) is 0.325. The molecule has 0 fully saturated rings. The molecule has 3 aromatic rings. The molecular weight excluding hydrogens is 455 g/mol. The maximum Gasteiger partial charge on any atom is 0.242 e. The van der Waals surface area contributed by atoms with Gasteiger partial charge in [0, 0.05) is 22.9 Å². The van der Waals surface area contributed by atoms with Gasteiger partial charge in [-0.3, -0.25) is 9.59 Å². The summed E-state index contributed by atoms with van der Waals surface area (Å²) >= 11 is 3.09. The number of rotatable bonds is 11. The first-order chi connectivity index (χ1) is 16.0. The molecule has 2 amide bonds. The van der Waals surface area contributed by atoms with E-state index in [1.165, 1.54) is 23.9 Å². The molecule has 0 radical (unpaired) electrons. The van der Waals surface area contributed by atoms with Gasteiger partial charge in [0.15, 0.2) is 0 Å². The van der Waals surface area contributed by atoms with Crippen molar-refractivity contribution in [1.82, 2.24) is 9.80 Å². The minimum Gasteiger partial charge on any atom is -0.333 e. The Kier molecular flexibility index (Phi) is 9.51. The second kappa shape index (κ2) is 12.6. The summed E-state index contributed by atoms with van der Waals surface area (Å²) in [7, 11) is 0. The van der Waals surface area contributed by atoms with Crippen LogP contribution in [-0.2, 0) is 22.7 Å². The standard InChI is InChI=1S/C26H29FN2O2S2/c1-3-14-28(26(31)19-33-23-7-5-4-6-8-23)18-25(30)29(17-24-20(2)13-15-32-24)16-21-9-11-22(27)12-10-21/h4-13,15H,3,14,16-19H2,1-2H3. The first-order valence-corrected chi connectivity index (χ1v) is 12.8. The van der Waals surface area contributed by atoms with Gasteiger partial charge in [0.05, 0.1) is 18.8 Å². The molecule has 0 spiro atoms. The van der Waals surface area contributed by atoms with Crippen LogP contribution in [0.3, 0.4) is 0 Å². The van der Waals surface area contributed by atoms with Gasteiger partial charge < -0.3 is 9.80 Å². The highest BCUT2D eigenvalue weighted by atomic mass is 32.2. The van der Waals surface area contributed by atoms with Crippen LogP contribution in [0.4, 0.5) is 4.39 Å². The highest BCUT2D eigenvalue weighted by molar-refractivity contribution is 8.00. The normalized spacial score (nSPS) is 10.8. The van der Waals surface area contributed by atoms with E-state index < -0.39 is 0 Å². The third-order valence-electron chi connectivity index (χ3n) is 5.22. The van der Waals surface area contributed by atoms with Crippen LogP contribution in [0.2, 0.25) is 0 Å². The molecule has 0 unspecified atom stereocenters. The average molecular weight is 485 g/mol. The second-order valence-corrected chi connectivity index (χ2v) is 9.87. The van der Waals surface area contributed by atoms with Gasteiger partial charge in [0.2, 0.25) is 11.8 Å². The molecule has 1 heterocycles. The SMILES string of the molecule is CCCN(CC(=O)N(Cc1ccc(F)cc1)Cc1sccc1C)C(=O)CSc1ccccc1. The number of hydrogen-bond acceptors (Lipinski definition) is 4. The van der Waals surface area contributed by atoms with Crippen molar-refractivity contribution < 1.29 is 14.0 Å². The second-order valence-electron chi connectivity index (χ2n) is 7.82. The van der Waals surface area contributed by atoms with Crippen molar-refractivity contribution in [2.45, 2.75) is 38.3 Å². The third-order valence-corrected chi connectivity index (χ3v) is 7.22. The van der Waals surface area contributed by atoms with Gasteiger partial charge in [-0.25, -0.2) is 4.39 Å². The zero-order valence-corrected chi connectivity index (χ0v) is 20.6. The Morgan fingerprint density at radius 1 is 0.939 bits per heavy atom. The number of thioether (sulfide) groups is 1. The molecule has 4 nitrogen and oxygen atoms in total. The lowest BCUT2D eigenvalue weighted by Crippen LogP contribution is -2.43. The monoisotopic (exact) mass is 484 g/mol. The molecule has 0 aliphatic carbocycles. The highest BCUT2D eigenvalue weighted by Gasteiger charge is 2.22. The number of amides is 2. The Bertz CT molecular complexity index is 1040. The van der Waals surface area contributed by atoms with E-state index in [-0.39, 0.29) is 24.2 Å². The fourth-order valence-electron chi connectivity index (χ4n) is 3.36. The van der Waals surface area contributed by atoms with Crippen LogP contribution in [-0.4, -0.2) is 40.5 Å². The average Bonchev–Trinajstić information content (AvgIpc) is 3.23. The van der Waals surface area contributed by atoms with E-state index in [1.807, 2.05) is 55.6 Å². The van der Waals surface area contributed by atoms with Crippen molar-refractivity contribution in [3.05, 3.63) is 87.9 Å². The topological polar surface area (TPSA) is 40.6 Å². The molecule has 174 valence electrons. The van der Waals surface area contributed by atoms with Gasteiger partial charge in [-0.05, 0) is 60.2 Å². The Hall–Kier alpha value is -2.64. The predicted octanol–water partition coefficient (Wildman–Crippen LogP) is 5.76. The molecule has 33 heavy (non-hydrogen) atoms. The molecule has 7 heteroatoms. The number of halogens is 1. The van der Waals surface area contributed by atoms with Crippen LogP contribution in [0.1, 0.15) is 29.3 Å². The summed E-state index contributed by atoms with van der Waals surface area (Å²) in [4.78, 5) is 31.8. The summed E-state index contributed by atoms with van der Waals surface area (Å²) in [5, 5.41) is 2.01. The van der Waals surface area contributed by atoms with E-state index in [9.17, 15) is 14.0 Å². The van der Waals surface area contributed by atoms with Crippen molar-refractivity contribution in [3.63, 3.8) is 0 Å². The lowest BCUT2D eigenvalue weighted by Gasteiger charge is -2.28. The van der Waals surface area contributed by atoms with E-state index in [1.54, 1.807) is 33.3 Å². The molecule has 0 atom stereocenters. The minimum atomic E-state index is -0.304. The Morgan fingerprint density at radius 3 is 2.30 bits per heavy atom. The number of nitrogens with zero attached hydrogens (tertiary/aromatic N) is 2. The van der Waals surface area contributed by atoms with E-state index in [0.29, 0.717) is 25.4 Å². The molecule has 0 bridgehead atoms. The Balaban J connectivity index is 1.70. The van der Waals surface area contributed by atoms with E-state index in [4.69, 9.17) is 0 Å². The van der Waals surface area contributed by atoms with Gasteiger partial charge in [0.1, 0.15) is 5.82 Å². The highest BCUT2D eigenvalue weighted by Crippen LogP contribution is 2.21. The Labute approximate surface area is 203 Å². The summed E-state index contributed by atoms with van der Waals surface area (Å²) in [6, 6.07) is 18.0. The number of thiophene rings is 1. The first kappa shape index (κ1) is 25.0. The molecule has 0 N–H and O–H groups in total. The van der Waals surface area contributed by atoms with Crippen molar-refractivity contribution >= 4 is 34.9 Å². The Morgan fingerprint density at radius 2 is 1.67 bits per heavy atom. The summed E-state index contributed by atoms with van der Waals surface area (Å²) < 4.78 is 13.4. The molecule has 3 rings (SSSR count). The summed E-state index contributed by atoms with van der Waals surface area (Å²) in [6.45, 7) is 5.42. The maximum absolute atomic E-state index is 13.4. The van der Waals surface area contributed by atoms with Gasteiger partial charge in [-0.2, -0.15) is 0 Å². The molecule has 2 aromatic carbocycles. The van der Waals surface area contributed by atoms with Crippen molar-refractivity contribution in [3.8, 4) is 0 Å². The molecule has 1 aromatic heterocycles. The smallest absolute Gasteiger partial charge is 0.242 e. The van der Waals surface area contributed by atoms with Crippen LogP contribution in [0.25, 0.3) is 0 Å². The predicted molar refractivity (Wildman–Crippen MR) is 134 cm³/mol. The first-order valence-electron chi connectivity index (χ1n) is 11.0. The van der Waals surface area contributed by atoms with Gasteiger partial charge in [0.25, 0.3) is 0 Å². The lowest BCUT2D eigenvalue weighted by molar-refractivity contribution is -0.140. The maximum atomic E-state index is 13.4. The summed E-state index contributed by atoms with van der Waals surface area (Å²) in [5.41, 5.74) is 1.99.